The maximum Gasteiger partial charge on any atom is 0.388 e. The largest absolute Gasteiger partial charge is 0.466 e. The van der Waals surface area contributed by atoms with Gasteiger partial charge in [0, 0.05) is 11.6 Å². The Morgan fingerprint density at radius 2 is 1.50 bits per heavy atom. The van der Waals surface area contributed by atoms with Crippen LogP contribution < -0.4 is 4.57 Å². The van der Waals surface area contributed by atoms with Gasteiger partial charge in [-0.2, -0.15) is 4.57 Å². The highest BCUT2D eigenvalue weighted by Gasteiger charge is 2.29. The van der Waals surface area contributed by atoms with Crippen LogP contribution in [0.2, 0.25) is 0 Å². The number of thiazole rings is 1. The van der Waals surface area contributed by atoms with Crippen LogP contribution in [-0.4, -0.2) is 30.1 Å². The van der Waals surface area contributed by atoms with Gasteiger partial charge < -0.3 is 9.47 Å². The Hall–Kier alpha value is -3.84. The summed E-state index contributed by atoms with van der Waals surface area (Å²) in [5.74, 6) is -0.754. The van der Waals surface area contributed by atoms with E-state index in [0.717, 1.165) is 27.3 Å². The number of hydrogen-bond donors (Lipinski definition) is 0. The van der Waals surface area contributed by atoms with Crippen molar-refractivity contribution in [3.8, 4) is 27.5 Å². The molecule has 4 aromatic rings. The van der Waals surface area contributed by atoms with Gasteiger partial charge in [0.05, 0.1) is 24.5 Å². The zero-order valence-corrected chi connectivity index (χ0v) is 19.9. The van der Waals surface area contributed by atoms with Crippen molar-refractivity contribution in [3.05, 3.63) is 89.6 Å². The molecule has 0 N–H and O–H groups in total. The number of esters is 2. The van der Waals surface area contributed by atoms with E-state index in [2.05, 4.69) is 4.98 Å². The molecule has 6 nitrogen and oxygen atoms in total. The lowest BCUT2D eigenvalue weighted by Gasteiger charge is -2.13. The van der Waals surface area contributed by atoms with Crippen LogP contribution >= 0.6 is 11.3 Å². The Balaban J connectivity index is 1.92. The minimum atomic E-state index is -0.445. The molecule has 0 unspecified atom stereocenters. The monoisotopic (exact) mass is 473 g/mol. The Morgan fingerprint density at radius 3 is 2.15 bits per heavy atom. The van der Waals surface area contributed by atoms with Crippen molar-refractivity contribution < 1.29 is 23.6 Å². The molecular formula is C27H25N2O4S+. The highest BCUT2D eigenvalue weighted by molar-refractivity contribution is 7.13. The van der Waals surface area contributed by atoms with E-state index in [-0.39, 0.29) is 19.0 Å². The second-order valence-electron chi connectivity index (χ2n) is 7.39. The zero-order valence-electron chi connectivity index (χ0n) is 19.1. The Morgan fingerprint density at radius 1 is 0.853 bits per heavy atom. The molecule has 0 radical (unpaired) electrons. The fraction of sp³-hybridized carbons (Fsp3) is 0.185. The second-order valence-corrected chi connectivity index (χ2v) is 8.49. The first kappa shape index (κ1) is 23.3. The summed E-state index contributed by atoms with van der Waals surface area (Å²) in [4.78, 5) is 30.4. The van der Waals surface area contributed by atoms with Gasteiger partial charge in [0.25, 0.3) is 0 Å². The van der Waals surface area contributed by atoms with Crippen molar-refractivity contribution in [1.82, 2.24) is 4.98 Å². The normalized spacial score (nSPS) is 10.6. The summed E-state index contributed by atoms with van der Waals surface area (Å²) < 4.78 is 12.3. The predicted octanol–water partition coefficient (Wildman–Crippen LogP) is 5.04. The lowest BCUT2D eigenvalue weighted by atomic mass is 10.0. The number of nitrogens with zero attached hydrogens (tertiary/aromatic N) is 2. The summed E-state index contributed by atoms with van der Waals surface area (Å²) in [5.41, 5.74) is 3.95. The molecule has 0 amide bonds. The van der Waals surface area contributed by atoms with Gasteiger partial charge in [-0.3, -0.25) is 4.79 Å². The van der Waals surface area contributed by atoms with Crippen molar-refractivity contribution in [1.29, 1.82) is 0 Å². The Kier molecular flexibility index (Phi) is 7.44. The molecule has 34 heavy (non-hydrogen) atoms. The fourth-order valence-corrected chi connectivity index (χ4v) is 4.53. The maximum atomic E-state index is 13.1. The van der Waals surface area contributed by atoms with Gasteiger partial charge in [-0.15, -0.1) is 0 Å². The van der Waals surface area contributed by atoms with Crippen molar-refractivity contribution in [2.45, 2.75) is 20.3 Å². The quantitative estimate of drug-likeness (QED) is 0.265. The number of benzene rings is 2. The van der Waals surface area contributed by atoms with E-state index in [4.69, 9.17) is 9.47 Å². The van der Waals surface area contributed by atoms with Gasteiger partial charge in [-0.05, 0) is 47.4 Å². The first-order valence-corrected chi connectivity index (χ1v) is 11.9. The Bertz CT molecular complexity index is 1290. The molecule has 0 aliphatic carbocycles. The van der Waals surface area contributed by atoms with E-state index >= 15 is 0 Å². The summed E-state index contributed by atoms with van der Waals surface area (Å²) in [5, 5.41) is 0.570. The lowest BCUT2D eigenvalue weighted by Crippen LogP contribution is -2.41. The van der Waals surface area contributed by atoms with Crippen LogP contribution in [0.25, 0.3) is 27.5 Å². The van der Waals surface area contributed by atoms with E-state index in [1.807, 2.05) is 72.8 Å². The molecule has 172 valence electrons. The maximum absolute atomic E-state index is 13.1. The molecular weight excluding hydrogens is 448 g/mol. The van der Waals surface area contributed by atoms with Crippen LogP contribution in [0.15, 0.2) is 79.0 Å². The third kappa shape index (κ3) is 5.21. The molecule has 0 fully saturated rings. The number of ether oxygens (including phenoxy) is 2. The van der Waals surface area contributed by atoms with Gasteiger partial charge in [0.2, 0.25) is 5.69 Å². The van der Waals surface area contributed by atoms with E-state index in [1.54, 1.807) is 24.6 Å². The van der Waals surface area contributed by atoms with Crippen molar-refractivity contribution in [2.75, 3.05) is 13.2 Å². The van der Waals surface area contributed by atoms with Crippen LogP contribution in [0, 0.1) is 0 Å². The lowest BCUT2D eigenvalue weighted by molar-refractivity contribution is -0.586. The second kappa shape index (κ2) is 10.9. The number of carbonyl (C=O) groups is 2. The summed E-state index contributed by atoms with van der Waals surface area (Å²) in [7, 11) is 0. The summed E-state index contributed by atoms with van der Waals surface area (Å²) >= 11 is 1.34. The fourth-order valence-electron chi connectivity index (χ4n) is 3.61. The standard InChI is InChI=1S/C27H25N2O4S/c1-3-32-25(30)17-22-18-28-27(34-22)29-23(20-13-9-6-10-14-20)15-21(19-11-7-5-8-12-19)16-24(29)26(31)33-4-2/h5-16,18H,3-4,17H2,1-2H3/q+1. The average molecular weight is 474 g/mol. The molecule has 0 aliphatic rings. The van der Waals surface area contributed by atoms with Crippen LogP contribution in [0.4, 0.5) is 0 Å². The topological polar surface area (TPSA) is 69.4 Å². The van der Waals surface area contributed by atoms with Crippen molar-refractivity contribution >= 4 is 23.3 Å². The summed E-state index contributed by atoms with van der Waals surface area (Å²) in [6.07, 6.45) is 1.78. The number of aromatic nitrogens is 2. The van der Waals surface area contributed by atoms with Crippen LogP contribution in [-0.2, 0) is 20.7 Å². The van der Waals surface area contributed by atoms with E-state index in [9.17, 15) is 9.59 Å². The van der Waals surface area contributed by atoms with Gasteiger partial charge in [0.15, 0.2) is 6.20 Å². The minimum Gasteiger partial charge on any atom is -0.466 e. The smallest absolute Gasteiger partial charge is 0.388 e. The zero-order chi connectivity index (χ0) is 23.9. The van der Waals surface area contributed by atoms with Crippen LogP contribution in [0.3, 0.4) is 0 Å². The number of carbonyl (C=O) groups excluding carboxylic acids is 2. The molecule has 2 heterocycles. The van der Waals surface area contributed by atoms with Gasteiger partial charge in [-0.1, -0.05) is 60.7 Å². The van der Waals surface area contributed by atoms with Gasteiger partial charge in [0.1, 0.15) is 5.69 Å². The average Bonchev–Trinajstić information content (AvgIpc) is 3.32. The molecule has 0 bridgehead atoms. The molecule has 0 saturated carbocycles. The van der Waals surface area contributed by atoms with Gasteiger partial charge >= 0.3 is 17.1 Å². The number of hydrogen-bond acceptors (Lipinski definition) is 6. The number of pyridine rings is 1. The Labute approximate surface area is 202 Å². The van der Waals surface area contributed by atoms with Crippen molar-refractivity contribution in [2.24, 2.45) is 0 Å². The van der Waals surface area contributed by atoms with E-state index < -0.39 is 5.97 Å². The molecule has 2 aromatic heterocycles. The third-order valence-corrected chi connectivity index (χ3v) is 6.07. The molecule has 0 saturated heterocycles. The SMILES string of the molecule is CCOC(=O)Cc1cnc(-[n+]2c(C(=O)OCC)cc(-c3ccccc3)cc2-c2ccccc2)s1. The van der Waals surface area contributed by atoms with Crippen LogP contribution in [0.5, 0.6) is 0 Å². The third-order valence-electron chi connectivity index (χ3n) is 5.08. The molecule has 7 heteroatoms. The highest BCUT2D eigenvalue weighted by Crippen LogP contribution is 2.28. The van der Waals surface area contributed by atoms with Crippen molar-refractivity contribution in [3.63, 3.8) is 0 Å². The van der Waals surface area contributed by atoms with E-state index in [0.29, 0.717) is 17.4 Å². The summed E-state index contributed by atoms with van der Waals surface area (Å²) in [6.45, 7) is 4.13. The predicted molar refractivity (Wildman–Crippen MR) is 131 cm³/mol. The molecule has 0 atom stereocenters. The molecule has 0 aliphatic heterocycles. The highest BCUT2D eigenvalue weighted by atomic mass is 32.1. The van der Waals surface area contributed by atoms with Gasteiger partial charge in [-0.25, -0.2) is 4.79 Å². The first-order chi connectivity index (χ1) is 16.6. The number of rotatable bonds is 8. The summed E-state index contributed by atoms with van der Waals surface area (Å²) in [6, 6.07) is 23.6. The van der Waals surface area contributed by atoms with E-state index in [1.165, 1.54) is 11.3 Å². The minimum absolute atomic E-state index is 0.129. The first-order valence-electron chi connectivity index (χ1n) is 11.1. The molecule has 2 aromatic carbocycles. The van der Waals surface area contributed by atoms with Crippen LogP contribution in [0.1, 0.15) is 29.2 Å². The molecule has 4 rings (SSSR count). The molecule has 0 spiro atoms.